The van der Waals surface area contributed by atoms with Gasteiger partial charge in [0.1, 0.15) is 10.6 Å². The fourth-order valence-electron chi connectivity index (χ4n) is 1.63. The SMILES string of the molecule is CCOc1ccc(-c2noc(CC)n2)cc1S(=O)(=O)Cl. The van der Waals surface area contributed by atoms with E-state index in [-0.39, 0.29) is 10.6 Å². The summed E-state index contributed by atoms with van der Waals surface area (Å²) >= 11 is 0. The molecule has 0 N–H and O–H groups in total. The lowest BCUT2D eigenvalue weighted by atomic mass is 10.2. The predicted octanol–water partition coefficient (Wildman–Crippen LogP) is 2.63. The van der Waals surface area contributed by atoms with Crippen LogP contribution < -0.4 is 4.74 Å². The first-order chi connectivity index (χ1) is 9.45. The molecule has 0 amide bonds. The van der Waals surface area contributed by atoms with Gasteiger partial charge >= 0.3 is 0 Å². The highest BCUT2D eigenvalue weighted by molar-refractivity contribution is 8.13. The molecule has 1 aromatic heterocycles. The van der Waals surface area contributed by atoms with Crippen LogP contribution in [0.25, 0.3) is 11.4 Å². The van der Waals surface area contributed by atoms with Gasteiger partial charge in [0.2, 0.25) is 11.7 Å². The van der Waals surface area contributed by atoms with Crippen LogP contribution in [-0.4, -0.2) is 25.2 Å². The topological polar surface area (TPSA) is 82.3 Å². The number of halogens is 1. The number of nitrogens with zero attached hydrogens (tertiary/aromatic N) is 2. The molecule has 0 saturated carbocycles. The minimum Gasteiger partial charge on any atom is -0.492 e. The lowest BCUT2D eigenvalue weighted by Crippen LogP contribution is -2.00. The Labute approximate surface area is 121 Å². The maximum atomic E-state index is 11.6. The van der Waals surface area contributed by atoms with E-state index >= 15 is 0 Å². The van der Waals surface area contributed by atoms with Crippen LogP contribution in [0, 0.1) is 0 Å². The van der Waals surface area contributed by atoms with Gasteiger partial charge in [-0.15, -0.1) is 0 Å². The molecule has 20 heavy (non-hydrogen) atoms. The summed E-state index contributed by atoms with van der Waals surface area (Å²) in [4.78, 5) is 4.03. The Kier molecular flexibility index (Phi) is 4.29. The van der Waals surface area contributed by atoms with Crippen molar-refractivity contribution in [2.45, 2.75) is 25.2 Å². The van der Waals surface area contributed by atoms with Gasteiger partial charge in [-0.05, 0) is 25.1 Å². The zero-order valence-corrected chi connectivity index (χ0v) is 12.5. The highest BCUT2D eigenvalue weighted by Crippen LogP contribution is 2.31. The minimum atomic E-state index is -3.92. The zero-order valence-electron chi connectivity index (χ0n) is 11.0. The van der Waals surface area contributed by atoms with E-state index in [0.717, 1.165) is 0 Å². The summed E-state index contributed by atoms with van der Waals surface area (Å²) in [6.07, 6.45) is 0.602. The van der Waals surface area contributed by atoms with E-state index in [0.29, 0.717) is 30.3 Å². The molecule has 108 valence electrons. The lowest BCUT2D eigenvalue weighted by Gasteiger charge is -2.08. The van der Waals surface area contributed by atoms with Crippen molar-refractivity contribution in [3.05, 3.63) is 24.1 Å². The molecule has 0 aliphatic rings. The molecule has 2 rings (SSSR count). The van der Waals surface area contributed by atoms with Crippen LogP contribution in [0.3, 0.4) is 0 Å². The first-order valence-corrected chi connectivity index (χ1v) is 8.31. The molecule has 8 heteroatoms. The third-order valence-corrected chi connectivity index (χ3v) is 3.88. The molecule has 2 aromatic rings. The first kappa shape index (κ1) is 14.8. The molecule has 0 bridgehead atoms. The Morgan fingerprint density at radius 1 is 1.35 bits per heavy atom. The summed E-state index contributed by atoms with van der Waals surface area (Å²) in [5.74, 6) is 0.987. The van der Waals surface area contributed by atoms with Crippen molar-refractivity contribution in [2.75, 3.05) is 6.61 Å². The number of aryl methyl sites for hydroxylation is 1. The summed E-state index contributed by atoms with van der Waals surface area (Å²) in [5, 5.41) is 3.79. The van der Waals surface area contributed by atoms with Gasteiger partial charge in [-0.3, -0.25) is 0 Å². The smallest absolute Gasteiger partial charge is 0.265 e. The fourth-order valence-corrected chi connectivity index (χ4v) is 2.62. The second kappa shape index (κ2) is 5.80. The van der Waals surface area contributed by atoms with Crippen molar-refractivity contribution < 1.29 is 17.7 Å². The molecule has 0 aliphatic heterocycles. The van der Waals surface area contributed by atoms with Crippen LogP contribution in [0.2, 0.25) is 0 Å². The van der Waals surface area contributed by atoms with Crippen LogP contribution in [0.15, 0.2) is 27.6 Å². The summed E-state index contributed by atoms with van der Waals surface area (Å²) in [6.45, 7) is 3.97. The van der Waals surface area contributed by atoms with Crippen molar-refractivity contribution >= 4 is 19.7 Å². The summed E-state index contributed by atoms with van der Waals surface area (Å²) in [7, 11) is 1.50. The third kappa shape index (κ3) is 3.10. The van der Waals surface area contributed by atoms with E-state index in [1.165, 1.54) is 12.1 Å². The van der Waals surface area contributed by atoms with E-state index in [9.17, 15) is 8.42 Å². The maximum absolute atomic E-state index is 11.6. The van der Waals surface area contributed by atoms with Crippen molar-refractivity contribution in [3.8, 4) is 17.1 Å². The van der Waals surface area contributed by atoms with Gasteiger partial charge in [0, 0.05) is 22.7 Å². The van der Waals surface area contributed by atoms with E-state index in [1.54, 1.807) is 13.0 Å². The van der Waals surface area contributed by atoms with E-state index in [1.807, 2.05) is 6.92 Å². The second-order valence-corrected chi connectivity index (χ2v) is 6.43. The zero-order chi connectivity index (χ0) is 14.8. The highest BCUT2D eigenvalue weighted by atomic mass is 35.7. The standard InChI is InChI=1S/C12H13ClN2O4S/c1-3-11-14-12(15-19-11)8-5-6-9(18-4-2)10(7-8)20(13,16)17/h5-7H,3-4H2,1-2H3. The van der Waals surface area contributed by atoms with Gasteiger partial charge in [0.25, 0.3) is 9.05 Å². The van der Waals surface area contributed by atoms with Crippen LogP contribution in [0.4, 0.5) is 0 Å². The number of rotatable bonds is 5. The second-order valence-electron chi connectivity index (χ2n) is 3.90. The van der Waals surface area contributed by atoms with Crippen LogP contribution >= 0.6 is 10.7 Å². The molecule has 6 nitrogen and oxygen atoms in total. The minimum absolute atomic E-state index is 0.110. The Morgan fingerprint density at radius 3 is 2.65 bits per heavy atom. The van der Waals surface area contributed by atoms with Crippen molar-refractivity contribution in [2.24, 2.45) is 0 Å². The molecule has 0 saturated heterocycles. The Hall–Kier alpha value is -1.60. The predicted molar refractivity (Wildman–Crippen MR) is 73.3 cm³/mol. The largest absolute Gasteiger partial charge is 0.492 e. The average Bonchev–Trinajstić information content (AvgIpc) is 2.87. The maximum Gasteiger partial charge on any atom is 0.265 e. The molecule has 1 heterocycles. The van der Waals surface area contributed by atoms with E-state index in [2.05, 4.69) is 10.1 Å². The number of benzene rings is 1. The van der Waals surface area contributed by atoms with Crippen LogP contribution in [0.5, 0.6) is 5.75 Å². The Balaban J connectivity index is 2.51. The number of aromatic nitrogens is 2. The average molecular weight is 317 g/mol. The van der Waals surface area contributed by atoms with Gasteiger partial charge in [0.05, 0.1) is 6.61 Å². The van der Waals surface area contributed by atoms with Crippen molar-refractivity contribution in [3.63, 3.8) is 0 Å². The number of ether oxygens (including phenoxy) is 1. The summed E-state index contributed by atoms with van der Waals surface area (Å²) < 4.78 is 33.4. The van der Waals surface area contributed by atoms with E-state index in [4.69, 9.17) is 19.9 Å². The van der Waals surface area contributed by atoms with Gasteiger partial charge in [-0.1, -0.05) is 12.1 Å². The van der Waals surface area contributed by atoms with Crippen molar-refractivity contribution in [1.29, 1.82) is 0 Å². The molecule has 1 aromatic carbocycles. The molecular weight excluding hydrogens is 304 g/mol. The monoisotopic (exact) mass is 316 g/mol. The molecule has 0 atom stereocenters. The van der Waals surface area contributed by atoms with Crippen LogP contribution in [0.1, 0.15) is 19.7 Å². The molecule has 0 fully saturated rings. The van der Waals surface area contributed by atoms with Crippen molar-refractivity contribution in [1.82, 2.24) is 10.1 Å². The molecular formula is C12H13ClN2O4S. The molecule has 0 aliphatic carbocycles. The number of hydrogen-bond acceptors (Lipinski definition) is 6. The quantitative estimate of drug-likeness (QED) is 0.789. The first-order valence-electron chi connectivity index (χ1n) is 6.00. The van der Waals surface area contributed by atoms with Gasteiger partial charge < -0.3 is 9.26 Å². The number of hydrogen-bond donors (Lipinski definition) is 0. The third-order valence-electron chi connectivity index (χ3n) is 2.53. The summed E-state index contributed by atoms with van der Waals surface area (Å²) in [5.41, 5.74) is 0.496. The van der Waals surface area contributed by atoms with Crippen LogP contribution in [-0.2, 0) is 15.5 Å². The lowest BCUT2D eigenvalue weighted by molar-refractivity contribution is 0.331. The van der Waals surface area contributed by atoms with E-state index < -0.39 is 9.05 Å². The summed E-state index contributed by atoms with van der Waals surface area (Å²) in [6, 6.07) is 4.55. The van der Waals surface area contributed by atoms with Gasteiger partial charge in [-0.25, -0.2) is 8.42 Å². The van der Waals surface area contributed by atoms with Gasteiger partial charge in [-0.2, -0.15) is 4.98 Å². The highest BCUT2D eigenvalue weighted by Gasteiger charge is 2.19. The molecule has 0 spiro atoms. The molecule has 0 unspecified atom stereocenters. The Bertz CT molecular complexity index is 712. The fraction of sp³-hybridized carbons (Fsp3) is 0.333. The van der Waals surface area contributed by atoms with Gasteiger partial charge in [0.15, 0.2) is 0 Å². The Morgan fingerprint density at radius 2 is 2.10 bits per heavy atom. The molecule has 0 radical (unpaired) electrons. The normalized spacial score (nSPS) is 11.6.